The summed E-state index contributed by atoms with van der Waals surface area (Å²) in [5.74, 6) is 0.527. The minimum atomic E-state index is -0.188. The van der Waals surface area contributed by atoms with Gasteiger partial charge in [0.15, 0.2) is 0 Å². The van der Waals surface area contributed by atoms with Crippen molar-refractivity contribution in [3.8, 4) is 0 Å². The third-order valence-electron chi connectivity index (χ3n) is 3.83. The second-order valence-corrected chi connectivity index (χ2v) is 5.57. The summed E-state index contributed by atoms with van der Waals surface area (Å²) in [4.78, 5) is 8.77. The Morgan fingerprint density at radius 1 is 0.857 bits per heavy atom. The third kappa shape index (κ3) is 2.65. The molecule has 0 spiro atoms. The van der Waals surface area contributed by atoms with E-state index in [1.165, 1.54) is 5.56 Å². The van der Waals surface area contributed by atoms with Crippen LogP contribution in [0.5, 0.6) is 0 Å². The molecule has 1 unspecified atom stereocenters. The molecule has 0 aliphatic rings. The minimum absolute atomic E-state index is 0.188. The highest BCUT2D eigenvalue weighted by Crippen LogP contribution is 2.26. The maximum atomic E-state index is 6.44. The molecule has 0 bridgehead atoms. The van der Waals surface area contributed by atoms with Crippen molar-refractivity contribution < 1.29 is 0 Å². The number of benzene rings is 2. The van der Waals surface area contributed by atoms with Gasteiger partial charge in [-0.3, -0.25) is 9.97 Å². The predicted octanol–water partition coefficient (Wildman–Crippen LogP) is 3.80. The molecule has 0 aliphatic heterocycles. The number of nitrogens with two attached hydrogens (primary N) is 1. The molecule has 3 heteroatoms. The van der Waals surface area contributed by atoms with Gasteiger partial charge in [0, 0.05) is 18.0 Å². The van der Waals surface area contributed by atoms with Crippen LogP contribution in [0.2, 0.25) is 0 Å². The highest BCUT2D eigenvalue weighted by Gasteiger charge is 2.13. The SMILES string of the molecule is CC(C)c1ccc(C(N)c2cccc3nccnc23)cc1. The Bertz CT molecular complexity index is 743. The lowest BCUT2D eigenvalue weighted by Gasteiger charge is -2.15. The lowest BCUT2D eigenvalue weighted by molar-refractivity contribution is 0.849. The number of para-hydroxylation sites is 1. The zero-order valence-corrected chi connectivity index (χ0v) is 12.3. The van der Waals surface area contributed by atoms with Crippen molar-refractivity contribution in [3.05, 3.63) is 71.5 Å². The molecular formula is C18H19N3. The van der Waals surface area contributed by atoms with Gasteiger partial charge in [-0.15, -0.1) is 0 Å². The van der Waals surface area contributed by atoms with Gasteiger partial charge in [0.25, 0.3) is 0 Å². The Morgan fingerprint density at radius 3 is 2.24 bits per heavy atom. The van der Waals surface area contributed by atoms with Gasteiger partial charge in [0.05, 0.1) is 17.1 Å². The van der Waals surface area contributed by atoms with Crippen LogP contribution in [0, 0.1) is 0 Å². The summed E-state index contributed by atoms with van der Waals surface area (Å²) in [6.45, 7) is 4.38. The maximum Gasteiger partial charge on any atom is 0.0937 e. The van der Waals surface area contributed by atoms with Gasteiger partial charge in [-0.2, -0.15) is 0 Å². The molecule has 3 aromatic rings. The normalized spacial score (nSPS) is 12.8. The Kier molecular flexibility index (Phi) is 3.67. The standard InChI is InChI=1S/C18H19N3/c1-12(2)13-6-8-14(9-7-13)17(19)15-4-3-5-16-18(15)21-11-10-20-16/h3-12,17H,19H2,1-2H3. The highest BCUT2D eigenvalue weighted by atomic mass is 14.8. The minimum Gasteiger partial charge on any atom is -0.320 e. The van der Waals surface area contributed by atoms with Crippen molar-refractivity contribution in [1.29, 1.82) is 0 Å². The lowest BCUT2D eigenvalue weighted by atomic mass is 9.95. The molecular weight excluding hydrogens is 258 g/mol. The Hall–Kier alpha value is -2.26. The molecule has 3 nitrogen and oxygen atoms in total. The first-order valence-corrected chi connectivity index (χ1v) is 7.22. The van der Waals surface area contributed by atoms with E-state index in [0.29, 0.717) is 5.92 Å². The topological polar surface area (TPSA) is 51.8 Å². The number of fused-ring (bicyclic) bond motifs is 1. The largest absolute Gasteiger partial charge is 0.320 e. The van der Waals surface area contributed by atoms with Crippen molar-refractivity contribution in [3.63, 3.8) is 0 Å². The fourth-order valence-corrected chi connectivity index (χ4v) is 2.53. The van der Waals surface area contributed by atoms with Gasteiger partial charge in [0.1, 0.15) is 0 Å². The van der Waals surface area contributed by atoms with Crippen LogP contribution in [0.15, 0.2) is 54.9 Å². The number of hydrogen-bond acceptors (Lipinski definition) is 3. The summed E-state index contributed by atoms with van der Waals surface area (Å²) in [5, 5.41) is 0. The predicted molar refractivity (Wildman–Crippen MR) is 86.1 cm³/mol. The van der Waals surface area contributed by atoms with Gasteiger partial charge >= 0.3 is 0 Å². The third-order valence-corrected chi connectivity index (χ3v) is 3.83. The first-order valence-electron chi connectivity index (χ1n) is 7.22. The number of nitrogens with zero attached hydrogens (tertiary/aromatic N) is 2. The molecule has 0 radical (unpaired) electrons. The van der Waals surface area contributed by atoms with E-state index in [2.05, 4.69) is 48.1 Å². The van der Waals surface area contributed by atoms with Crippen LogP contribution in [-0.2, 0) is 0 Å². The lowest BCUT2D eigenvalue weighted by Crippen LogP contribution is -2.13. The number of rotatable bonds is 3. The number of hydrogen-bond donors (Lipinski definition) is 1. The van der Waals surface area contributed by atoms with Crippen LogP contribution >= 0.6 is 0 Å². The van der Waals surface area contributed by atoms with E-state index >= 15 is 0 Å². The Labute approximate surface area is 124 Å². The summed E-state index contributed by atoms with van der Waals surface area (Å²) >= 11 is 0. The second-order valence-electron chi connectivity index (χ2n) is 5.57. The van der Waals surface area contributed by atoms with Gasteiger partial charge in [0.2, 0.25) is 0 Å². The van der Waals surface area contributed by atoms with Crippen molar-refractivity contribution in [1.82, 2.24) is 9.97 Å². The molecule has 0 saturated heterocycles. The zero-order valence-electron chi connectivity index (χ0n) is 12.3. The fraction of sp³-hybridized carbons (Fsp3) is 0.222. The van der Waals surface area contributed by atoms with E-state index in [-0.39, 0.29) is 6.04 Å². The molecule has 0 aliphatic carbocycles. The molecule has 1 atom stereocenters. The van der Waals surface area contributed by atoms with E-state index in [9.17, 15) is 0 Å². The van der Waals surface area contributed by atoms with Crippen molar-refractivity contribution in [2.75, 3.05) is 0 Å². The zero-order chi connectivity index (χ0) is 14.8. The fourth-order valence-electron chi connectivity index (χ4n) is 2.53. The van der Waals surface area contributed by atoms with Crippen molar-refractivity contribution in [2.24, 2.45) is 5.73 Å². The molecule has 106 valence electrons. The van der Waals surface area contributed by atoms with Gasteiger partial charge < -0.3 is 5.73 Å². The van der Waals surface area contributed by atoms with Crippen LogP contribution in [0.25, 0.3) is 11.0 Å². The highest BCUT2D eigenvalue weighted by molar-refractivity contribution is 5.78. The summed E-state index contributed by atoms with van der Waals surface area (Å²) in [5.41, 5.74) is 11.6. The summed E-state index contributed by atoms with van der Waals surface area (Å²) in [6.07, 6.45) is 3.41. The van der Waals surface area contributed by atoms with Crippen LogP contribution < -0.4 is 5.73 Å². The first kappa shape index (κ1) is 13.7. The van der Waals surface area contributed by atoms with E-state index < -0.39 is 0 Å². The average molecular weight is 277 g/mol. The quantitative estimate of drug-likeness (QED) is 0.792. The van der Waals surface area contributed by atoms with Crippen LogP contribution in [0.1, 0.15) is 42.5 Å². The van der Waals surface area contributed by atoms with Gasteiger partial charge in [-0.25, -0.2) is 0 Å². The molecule has 0 saturated carbocycles. The molecule has 1 heterocycles. The second kappa shape index (κ2) is 5.62. The summed E-state index contributed by atoms with van der Waals surface area (Å²) < 4.78 is 0. The molecule has 1 aromatic heterocycles. The Balaban J connectivity index is 2.02. The van der Waals surface area contributed by atoms with E-state index in [1.54, 1.807) is 12.4 Å². The number of aromatic nitrogens is 2. The summed E-state index contributed by atoms with van der Waals surface area (Å²) in [7, 11) is 0. The van der Waals surface area contributed by atoms with Crippen LogP contribution in [0.4, 0.5) is 0 Å². The summed E-state index contributed by atoms with van der Waals surface area (Å²) in [6, 6.07) is 14.3. The monoisotopic (exact) mass is 277 g/mol. The van der Waals surface area contributed by atoms with Crippen molar-refractivity contribution in [2.45, 2.75) is 25.8 Å². The average Bonchev–Trinajstić information content (AvgIpc) is 2.53. The molecule has 21 heavy (non-hydrogen) atoms. The van der Waals surface area contributed by atoms with E-state index in [1.807, 2.05) is 18.2 Å². The Morgan fingerprint density at radius 2 is 1.52 bits per heavy atom. The smallest absolute Gasteiger partial charge is 0.0937 e. The first-order chi connectivity index (χ1) is 10.2. The van der Waals surface area contributed by atoms with Gasteiger partial charge in [-0.1, -0.05) is 50.2 Å². The van der Waals surface area contributed by atoms with Crippen LogP contribution in [0.3, 0.4) is 0 Å². The molecule has 0 fully saturated rings. The van der Waals surface area contributed by atoms with Gasteiger partial charge in [-0.05, 0) is 23.1 Å². The molecule has 0 amide bonds. The molecule has 2 aromatic carbocycles. The van der Waals surface area contributed by atoms with E-state index in [4.69, 9.17) is 5.73 Å². The molecule has 2 N–H and O–H groups in total. The van der Waals surface area contributed by atoms with E-state index in [0.717, 1.165) is 22.2 Å². The molecule has 3 rings (SSSR count). The maximum absolute atomic E-state index is 6.44. The van der Waals surface area contributed by atoms with Crippen molar-refractivity contribution >= 4 is 11.0 Å². The van der Waals surface area contributed by atoms with Crippen LogP contribution in [-0.4, -0.2) is 9.97 Å².